The van der Waals surface area contributed by atoms with Crippen LogP contribution in [0.4, 0.5) is 0 Å². The molecule has 1 aliphatic heterocycles. The van der Waals surface area contributed by atoms with Gasteiger partial charge in [0.05, 0.1) is 40.5 Å². The van der Waals surface area contributed by atoms with E-state index in [0.29, 0.717) is 43.2 Å². The highest BCUT2D eigenvalue weighted by molar-refractivity contribution is 9.10. The molecular weight excluding hydrogens is 580 g/mol. The van der Waals surface area contributed by atoms with Gasteiger partial charge in [-0.2, -0.15) is 0 Å². The Bertz CT molecular complexity index is 1740. The number of allylic oxidation sites excluding steroid dienone is 1. The maximum Gasteiger partial charge on any atom is 0.338 e. The summed E-state index contributed by atoms with van der Waals surface area (Å²) in [6, 6.07) is 22.3. The first kappa shape index (κ1) is 26.6. The third-order valence-electron chi connectivity index (χ3n) is 6.32. The SMILES string of the molecule is COC(=O)C1=C(C)N=c2s/c(=C\c3cc(Br)c(OCc4ccccc4)c(OC)c3)c(=O)n2[C@@H]1c1ccccc1. The van der Waals surface area contributed by atoms with Gasteiger partial charge in [0.1, 0.15) is 6.61 Å². The molecule has 1 aliphatic rings. The average Bonchev–Trinajstić information content (AvgIpc) is 3.25. The molecule has 9 heteroatoms. The van der Waals surface area contributed by atoms with Gasteiger partial charge in [-0.05, 0) is 57.8 Å². The summed E-state index contributed by atoms with van der Waals surface area (Å²) in [6.07, 6.45) is 1.79. The lowest BCUT2D eigenvalue weighted by Crippen LogP contribution is -2.39. The molecule has 39 heavy (non-hydrogen) atoms. The number of benzene rings is 3. The Kier molecular flexibility index (Phi) is 7.81. The lowest BCUT2D eigenvalue weighted by atomic mass is 9.96. The van der Waals surface area contributed by atoms with Crippen LogP contribution < -0.4 is 24.4 Å². The van der Waals surface area contributed by atoms with Crippen LogP contribution in [0.3, 0.4) is 0 Å². The van der Waals surface area contributed by atoms with Crippen LogP contribution in [0.2, 0.25) is 0 Å². The molecule has 0 amide bonds. The number of nitrogens with zero attached hydrogens (tertiary/aromatic N) is 2. The summed E-state index contributed by atoms with van der Waals surface area (Å²) in [6.45, 7) is 2.14. The zero-order valence-corrected chi connectivity index (χ0v) is 23.9. The quantitative estimate of drug-likeness (QED) is 0.284. The Morgan fingerprint density at radius 1 is 1.08 bits per heavy atom. The smallest absolute Gasteiger partial charge is 0.338 e. The Morgan fingerprint density at radius 2 is 1.77 bits per heavy atom. The molecule has 1 atom stereocenters. The predicted octanol–water partition coefficient (Wildman–Crippen LogP) is 4.76. The van der Waals surface area contributed by atoms with E-state index in [4.69, 9.17) is 14.2 Å². The molecule has 7 nitrogen and oxygen atoms in total. The van der Waals surface area contributed by atoms with Gasteiger partial charge in [0, 0.05) is 0 Å². The second-order valence-electron chi connectivity index (χ2n) is 8.79. The Hall–Kier alpha value is -3.95. The number of thiazole rings is 1. The predicted molar refractivity (Wildman–Crippen MR) is 154 cm³/mol. The van der Waals surface area contributed by atoms with E-state index in [9.17, 15) is 9.59 Å². The zero-order valence-electron chi connectivity index (χ0n) is 21.5. The molecule has 0 N–H and O–H groups in total. The summed E-state index contributed by atoms with van der Waals surface area (Å²) < 4.78 is 19.5. The number of ether oxygens (including phenoxy) is 3. The van der Waals surface area contributed by atoms with Crippen LogP contribution >= 0.6 is 27.3 Å². The first-order valence-electron chi connectivity index (χ1n) is 12.1. The van der Waals surface area contributed by atoms with Crippen molar-refractivity contribution >= 4 is 39.3 Å². The van der Waals surface area contributed by atoms with Crippen molar-refractivity contribution in [1.82, 2.24) is 4.57 Å². The standard InChI is InChI=1S/C30H25BrN2O5S/c1-18-25(29(35)37-3)26(21-12-8-5-9-13-21)33-28(34)24(39-30(33)32-18)16-20-14-22(31)27(23(15-20)36-2)38-17-19-10-6-4-7-11-19/h4-16,26H,17H2,1-3H3/b24-16-/t26-/m1/s1. The largest absolute Gasteiger partial charge is 0.493 e. The van der Waals surface area contributed by atoms with Crippen LogP contribution in [0.1, 0.15) is 29.7 Å². The number of halogens is 1. The average molecular weight is 606 g/mol. The molecule has 1 aromatic heterocycles. The molecule has 0 unspecified atom stereocenters. The van der Waals surface area contributed by atoms with Gasteiger partial charge >= 0.3 is 5.97 Å². The second-order valence-corrected chi connectivity index (χ2v) is 10.7. The van der Waals surface area contributed by atoms with E-state index >= 15 is 0 Å². The maximum atomic E-state index is 13.8. The van der Waals surface area contributed by atoms with Crippen molar-refractivity contribution in [3.63, 3.8) is 0 Å². The van der Waals surface area contributed by atoms with E-state index in [0.717, 1.165) is 16.7 Å². The minimum Gasteiger partial charge on any atom is -0.493 e. The monoisotopic (exact) mass is 604 g/mol. The highest BCUT2D eigenvalue weighted by Crippen LogP contribution is 2.37. The molecule has 0 bridgehead atoms. The molecule has 3 aromatic carbocycles. The first-order valence-corrected chi connectivity index (χ1v) is 13.7. The van der Waals surface area contributed by atoms with Gasteiger partial charge in [0.25, 0.3) is 5.56 Å². The van der Waals surface area contributed by atoms with Crippen molar-refractivity contribution in [2.45, 2.75) is 19.6 Å². The van der Waals surface area contributed by atoms with Crippen LogP contribution in [0.5, 0.6) is 11.5 Å². The van der Waals surface area contributed by atoms with Crippen molar-refractivity contribution < 1.29 is 19.0 Å². The second kappa shape index (κ2) is 11.4. The van der Waals surface area contributed by atoms with Crippen LogP contribution in [-0.2, 0) is 16.1 Å². The fraction of sp³-hybridized carbons (Fsp3) is 0.167. The molecule has 2 heterocycles. The molecule has 0 saturated carbocycles. The van der Waals surface area contributed by atoms with Crippen LogP contribution in [0, 0.1) is 0 Å². The number of fused-ring (bicyclic) bond motifs is 1. The maximum absolute atomic E-state index is 13.8. The molecular formula is C30H25BrN2O5S. The minimum absolute atomic E-state index is 0.249. The van der Waals surface area contributed by atoms with Gasteiger partial charge in [-0.3, -0.25) is 9.36 Å². The molecule has 0 spiro atoms. The van der Waals surface area contributed by atoms with Crippen molar-refractivity contribution in [2.75, 3.05) is 14.2 Å². The first-order chi connectivity index (χ1) is 18.9. The summed E-state index contributed by atoms with van der Waals surface area (Å²) in [4.78, 5) is 31.7. The lowest BCUT2D eigenvalue weighted by molar-refractivity contribution is -0.136. The van der Waals surface area contributed by atoms with E-state index < -0.39 is 12.0 Å². The van der Waals surface area contributed by atoms with Crippen LogP contribution in [0.25, 0.3) is 6.08 Å². The molecule has 0 fully saturated rings. The molecule has 4 aromatic rings. The fourth-order valence-electron chi connectivity index (χ4n) is 4.49. The van der Waals surface area contributed by atoms with Gasteiger partial charge in [-0.1, -0.05) is 72.0 Å². The van der Waals surface area contributed by atoms with Gasteiger partial charge in [0.2, 0.25) is 0 Å². The topological polar surface area (TPSA) is 79.1 Å². The molecule has 0 aliphatic carbocycles. The van der Waals surface area contributed by atoms with Crippen molar-refractivity contribution in [3.05, 3.63) is 125 Å². The summed E-state index contributed by atoms with van der Waals surface area (Å²) in [7, 11) is 2.90. The van der Waals surface area contributed by atoms with Crippen LogP contribution in [-0.4, -0.2) is 24.8 Å². The third kappa shape index (κ3) is 5.32. The van der Waals surface area contributed by atoms with E-state index in [2.05, 4.69) is 20.9 Å². The normalized spacial score (nSPS) is 15.0. The summed E-state index contributed by atoms with van der Waals surface area (Å²) in [5.74, 6) is 0.590. The van der Waals surface area contributed by atoms with Crippen molar-refractivity contribution in [1.29, 1.82) is 0 Å². The van der Waals surface area contributed by atoms with Gasteiger partial charge < -0.3 is 14.2 Å². The van der Waals surface area contributed by atoms with Crippen molar-refractivity contribution in [3.8, 4) is 11.5 Å². The number of aromatic nitrogens is 1. The van der Waals surface area contributed by atoms with E-state index in [-0.39, 0.29) is 5.56 Å². The fourth-order valence-corrected chi connectivity index (χ4v) is 6.11. The number of rotatable bonds is 7. The summed E-state index contributed by atoms with van der Waals surface area (Å²) in [5.41, 5.74) is 3.19. The lowest BCUT2D eigenvalue weighted by Gasteiger charge is -2.24. The van der Waals surface area contributed by atoms with Gasteiger partial charge in [-0.15, -0.1) is 0 Å². The number of carbonyl (C=O) groups is 1. The van der Waals surface area contributed by atoms with E-state index in [1.54, 1.807) is 24.7 Å². The number of methoxy groups -OCH3 is 2. The van der Waals surface area contributed by atoms with Crippen molar-refractivity contribution in [2.24, 2.45) is 4.99 Å². The summed E-state index contributed by atoms with van der Waals surface area (Å²) >= 11 is 4.87. The van der Waals surface area contributed by atoms with E-state index in [1.807, 2.05) is 72.8 Å². The Balaban J connectivity index is 1.58. The highest BCUT2D eigenvalue weighted by atomic mass is 79.9. The number of esters is 1. The zero-order chi connectivity index (χ0) is 27.5. The highest BCUT2D eigenvalue weighted by Gasteiger charge is 2.32. The minimum atomic E-state index is -0.646. The van der Waals surface area contributed by atoms with Gasteiger partial charge in [0.15, 0.2) is 16.3 Å². The molecule has 5 rings (SSSR count). The van der Waals surface area contributed by atoms with Crippen LogP contribution in [0.15, 0.2) is 98.3 Å². The number of carbonyl (C=O) groups excluding carboxylic acids is 1. The Morgan fingerprint density at radius 3 is 2.44 bits per heavy atom. The molecule has 0 radical (unpaired) electrons. The number of hydrogen-bond donors (Lipinski definition) is 0. The van der Waals surface area contributed by atoms with E-state index in [1.165, 1.54) is 18.4 Å². The summed E-state index contributed by atoms with van der Waals surface area (Å²) in [5, 5.41) is 0. The Labute approximate surface area is 237 Å². The number of hydrogen-bond acceptors (Lipinski definition) is 7. The third-order valence-corrected chi connectivity index (χ3v) is 7.89. The van der Waals surface area contributed by atoms with Gasteiger partial charge in [-0.25, -0.2) is 9.79 Å². The molecule has 198 valence electrons. The molecule has 0 saturated heterocycles.